The van der Waals surface area contributed by atoms with Crippen molar-refractivity contribution in [2.45, 2.75) is 13.1 Å². The van der Waals surface area contributed by atoms with Crippen LogP contribution in [-0.2, 0) is 13.1 Å². The normalized spacial score (nSPS) is 10.7. The lowest BCUT2D eigenvalue weighted by atomic mass is 10.2. The highest BCUT2D eigenvalue weighted by Gasteiger charge is 2.03. The first-order valence-corrected chi connectivity index (χ1v) is 6.01. The van der Waals surface area contributed by atoms with E-state index in [9.17, 15) is 0 Å². The fourth-order valence-electron chi connectivity index (χ4n) is 1.44. The van der Waals surface area contributed by atoms with E-state index in [2.05, 4.69) is 20.9 Å². The van der Waals surface area contributed by atoms with Gasteiger partial charge < -0.3 is 10.3 Å². The lowest BCUT2D eigenvalue weighted by Gasteiger charge is -2.05. The van der Waals surface area contributed by atoms with E-state index in [4.69, 9.17) is 17.3 Å². The Morgan fingerprint density at radius 3 is 2.88 bits per heavy atom. The third-order valence-electron chi connectivity index (χ3n) is 2.26. The SMILES string of the molecule is NCc1cn(Cc2ccc(Br)cc2Cl)cn1. The molecule has 0 aliphatic heterocycles. The number of rotatable bonds is 3. The van der Waals surface area contributed by atoms with Gasteiger partial charge in [-0.25, -0.2) is 4.98 Å². The summed E-state index contributed by atoms with van der Waals surface area (Å²) in [6.07, 6.45) is 3.69. The van der Waals surface area contributed by atoms with Crippen LogP contribution in [0.2, 0.25) is 5.02 Å². The topological polar surface area (TPSA) is 43.8 Å². The molecular weight excluding hydrogens is 289 g/mol. The number of aromatic nitrogens is 2. The molecule has 5 heteroatoms. The summed E-state index contributed by atoms with van der Waals surface area (Å²) in [5, 5.41) is 0.748. The van der Waals surface area contributed by atoms with Crippen LogP contribution in [0.3, 0.4) is 0 Å². The number of hydrogen-bond donors (Lipinski definition) is 1. The summed E-state index contributed by atoms with van der Waals surface area (Å²) in [7, 11) is 0. The van der Waals surface area contributed by atoms with Gasteiger partial charge in [-0.3, -0.25) is 0 Å². The molecule has 2 aromatic rings. The van der Waals surface area contributed by atoms with Gasteiger partial charge in [0.05, 0.1) is 12.0 Å². The third kappa shape index (κ3) is 2.64. The van der Waals surface area contributed by atoms with Crippen LogP contribution in [0.5, 0.6) is 0 Å². The fraction of sp³-hybridized carbons (Fsp3) is 0.182. The smallest absolute Gasteiger partial charge is 0.0953 e. The molecule has 0 atom stereocenters. The highest BCUT2D eigenvalue weighted by atomic mass is 79.9. The molecule has 0 bridgehead atoms. The average Bonchev–Trinajstić information content (AvgIpc) is 2.70. The maximum Gasteiger partial charge on any atom is 0.0953 e. The number of halogens is 2. The van der Waals surface area contributed by atoms with Gasteiger partial charge in [0.15, 0.2) is 0 Å². The predicted molar refractivity (Wildman–Crippen MR) is 68.4 cm³/mol. The Balaban J connectivity index is 2.20. The second-order valence-electron chi connectivity index (χ2n) is 3.48. The van der Waals surface area contributed by atoms with Crippen LogP contribution in [0.15, 0.2) is 35.2 Å². The molecular formula is C11H11BrClN3. The first-order chi connectivity index (χ1) is 7.69. The van der Waals surface area contributed by atoms with E-state index in [0.717, 1.165) is 20.8 Å². The molecule has 0 spiro atoms. The van der Waals surface area contributed by atoms with E-state index in [1.54, 1.807) is 6.33 Å². The standard InChI is InChI=1S/C11H11BrClN3/c12-9-2-1-8(11(13)3-9)5-16-6-10(4-14)15-7-16/h1-3,6-7H,4-5,14H2. The summed E-state index contributed by atoms with van der Waals surface area (Å²) in [5.74, 6) is 0. The molecule has 0 unspecified atom stereocenters. The molecule has 0 saturated carbocycles. The summed E-state index contributed by atoms with van der Waals surface area (Å²) in [6, 6.07) is 5.86. The second kappa shape index (κ2) is 4.99. The first kappa shape index (κ1) is 11.6. The van der Waals surface area contributed by atoms with Crippen molar-refractivity contribution in [3.63, 3.8) is 0 Å². The highest BCUT2D eigenvalue weighted by Crippen LogP contribution is 2.22. The van der Waals surface area contributed by atoms with Crippen molar-refractivity contribution >= 4 is 27.5 Å². The van der Waals surface area contributed by atoms with Gasteiger partial charge in [0.2, 0.25) is 0 Å². The second-order valence-corrected chi connectivity index (χ2v) is 4.80. The molecule has 0 amide bonds. The first-order valence-electron chi connectivity index (χ1n) is 4.83. The molecule has 1 aromatic carbocycles. The van der Waals surface area contributed by atoms with E-state index < -0.39 is 0 Å². The van der Waals surface area contributed by atoms with E-state index in [0.29, 0.717) is 13.1 Å². The molecule has 0 aliphatic rings. The van der Waals surface area contributed by atoms with Crippen molar-refractivity contribution in [2.24, 2.45) is 5.73 Å². The largest absolute Gasteiger partial charge is 0.333 e. The lowest BCUT2D eigenvalue weighted by molar-refractivity contribution is 0.796. The molecule has 0 aliphatic carbocycles. The predicted octanol–water partition coefficient (Wildman–Crippen LogP) is 2.81. The Labute approximate surface area is 107 Å². The van der Waals surface area contributed by atoms with Crippen LogP contribution in [0, 0.1) is 0 Å². The summed E-state index contributed by atoms with van der Waals surface area (Å²) >= 11 is 9.51. The molecule has 3 nitrogen and oxygen atoms in total. The molecule has 1 aromatic heterocycles. The minimum atomic E-state index is 0.459. The van der Waals surface area contributed by atoms with Crippen molar-refractivity contribution in [3.05, 3.63) is 51.5 Å². The number of hydrogen-bond acceptors (Lipinski definition) is 2. The van der Waals surface area contributed by atoms with Crippen LogP contribution in [-0.4, -0.2) is 9.55 Å². The van der Waals surface area contributed by atoms with Crippen molar-refractivity contribution < 1.29 is 0 Å². The summed E-state index contributed by atoms with van der Waals surface area (Å²) in [5.41, 5.74) is 7.44. The maximum absolute atomic E-state index is 6.13. The maximum atomic E-state index is 6.13. The Bertz CT molecular complexity index is 496. The van der Waals surface area contributed by atoms with Crippen LogP contribution >= 0.6 is 27.5 Å². The van der Waals surface area contributed by atoms with Gasteiger partial charge in [-0.15, -0.1) is 0 Å². The van der Waals surface area contributed by atoms with Crippen molar-refractivity contribution in [2.75, 3.05) is 0 Å². The fourth-order valence-corrected chi connectivity index (χ4v) is 2.18. The minimum absolute atomic E-state index is 0.459. The zero-order chi connectivity index (χ0) is 11.5. The molecule has 0 saturated heterocycles. The van der Waals surface area contributed by atoms with E-state index in [-0.39, 0.29) is 0 Å². The van der Waals surface area contributed by atoms with Crippen molar-refractivity contribution in [1.29, 1.82) is 0 Å². The zero-order valence-electron chi connectivity index (χ0n) is 8.53. The Hall–Kier alpha value is -0.840. The van der Waals surface area contributed by atoms with Gasteiger partial charge in [-0.2, -0.15) is 0 Å². The zero-order valence-corrected chi connectivity index (χ0v) is 10.9. The van der Waals surface area contributed by atoms with Gasteiger partial charge in [-0.1, -0.05) is 33.6 Å². The monoisotopic (exact) mass is 299 g/mol. The Kier molecular flexibility index (Phi) is 3.63. The van der Waals surface area contributed by atoms with E-state index >= 15 is 0 Å². The van der Waals surface area contributed by atoms with Gasteiger partial charge in [-0.05, 0) is 17.7 Å². The molecule has 0 radical (unpaired) electrons. The molecule has 2 N–H and O–H groups in total. The number of nitrogens with two attached hydrogens (primary N) is 1. The molecule has 84 valence electrons. The van der Waals surface area contributed by atoms with Crippen LogP contribution in [0.25, 0.3) is 0 Å². The van der Waals surface area contributed by atoms with Gasteiger partial charge in [0.25, 0.3) is 0 Å². The number of imidazole rings is 1. The van der Waals surface area contributed by atoms with Gasteiger partial charge >= 0.3 is 0 Å². The van der Waals surface area contributed by atoms with Crippen molar-refractivity contribution in [3.8, 4) is 0 Å². The summed E-state index contributed by atoms with van der Waals surface area (Å²) in [6.45, 7) is 1.17. The van der Waals surface area contributed by atoms with Crippen LogP contribution in [0.1, 0.15) is 11.3 Å². The molecule has 0 fully saturated rings. The lowest BCUT2D eigenvalue weighted by Crippen LogP contribution is -1.98. The Morgan fingerprint density at radius 2 is 2.25 bits per heavy atom. The van der Waals surface area contributed by atoms with E-state index in [1.165, 1.54) is 0 Å². The average molecular weight is 301 g/mol. The summed E-state index contributed by atoms with van der Waals surface area (Å²) < 4.78 is 2.95. The van der Waals surface area contributed by atoms with E-state index in [1.807, 2.05) is 29.0 Å². The van der Waals surface area contributed by atoms with Crippen LogP contribution < -0.4 is 5.73 Å². The highest BCUT2D eigenvalue weighted by molar-refractivity contribution is 9.10. The van der Waals surface area contributed by atoms with Crippen molar-refractivity contribution in [1.82, 2.24) is 9.55 Å². The van der Waals surface area contributed by atoms with Gasteiger partial charge in [0.1, 0.15) is 0 Å². The quantitative estimate of drug-likeness (QED) is 0.947. The molecule has 2 rings (SSSR count). The minimum Gasteiger partial charge on any atom is -0.333 e. The number of benzene rings is 1. The third-order valence-corrected chi connectivity index (χ3v) is 3.11. The Morgan fingerprint density at radius 1 is 1.44 bits per heavy atom. The molecule has 1 heterocycles. The number of nitrogens with zero attached hydrogens (tertiary/aromatic N) is 2. The van der Waals surface area contributed by atoms with Gasteiger partial charge in [0, 0.05) is 28.8 Å². The molecule has 16 heavy (non-hydrogen) atoms. The van der Waals surface area contributed by atoms with Crippen LogP contribution in [0.4, 0.5) is 0 Å². The summed E-state index contributed by atoms with van der Waals surface area (Å²) in [4.78, 5) is 4.16.